The molecule has 2 aliphatic carbocycles. The highest BCUT2D eigenvalue weighted by atomic mass is 16.3. The second-order valence-electron chi connectivity index (χ2n) is 28.4. The summed E-state index contributed by atoms with van der Waals surface area (Å²) in [5.41, 5.74) is 24.2. The third-order valence-corrected chi connectivity index (χ3v) is 19.8. The second-order valence-corrected chi connectivity index (χ2v) is 28.4. The second kappa shape index (κ2) is 18.6. The van der Waals surface area contributed by atoms with Gasteiger partial charge in [0.05, 0.1) is 0 Å². The van der Waals surface area contributed by atoms with Crippen LogP contribution in [0.3, 0.4) is 0 Å². The quantitative estimate of drug-likeness (QED) is 0.159. The first-order valence-corrected chi connectivity index (χ1v) is 31.1. The molecule has 87 heavy (non-hydrogen) atoms. The van der Waals surface area contributed by atoms with Crippen molar-refractivity contribution in [3.63, 3.8) is 0 Å². The van der Waals surface area contributed by atoms with Gasteiger partial charge in [0.1, 0.15) is 22.3 Å². The van der Waals surface area contributed by atoms with Crippen molar-refractivity contribution in [3.8, 4) is 22.3 Å². The van der Waals surface area contributed by atoms with Crippen molar-refractivity contribution in [3.05, 3.63) is 251 Å². The van der Waals surface area contributed by atoms with E-state index in [2.05, 4.69) is 305 Å². The Morgan fingerprint density at radius 3 is 1.16 bits per heavy atom. The number of hydrogen-bond donors (Lipinski definition) is 0. The number of anilines is 6. The maximum Gasteiger partial charge on any atom is 0.139 e. The summed E-state index contributed by atoms with van der Waals surface area (Å²) in [5.74, 6) is 0.168. The molecule has 2 heterocycles. The Kier molecular flexibility index (Phi) is 11.3. The Bertz CT molecular complexity index is 5200. The monoisotopic (exact) mass is 1130 g/mol. The van der Waals surface area contributed by atoms with E-state index in [0.717, 1.165) is 83.4 Å². The van der Waals surface area contributed by atoms with E-state index in [1.54, 1.807) is 0 Å². The van der Waals surface area contributed by atoms with Crippen LogP contribution in [0.4, 0.5) is 34.1 Å². The first-order valence-electron chi connectivity index (χ1n) is 31.1. The molecule has 14 aromatic rings. The molecule has 0 saturated heterocycles. The Morgan fingerprint density at radius 1 is 0.322 bits per heavy atom. The molecular weight excluding hydrogens is 1060 g/mol. The van der Waals surface area contributed by atoms with Crippen molar-refractivity contribution in [1.29, 1.82) is 0 Å². The molecule has 16 rings (SSSR count). The SMILES string of the molecule is CC(C)c1c2cc3oc4cc(N(c5ccc(C(C)(C)C)cc5)c5ccc6c(c5)C(C)(C)c5cc7ccccc7cc5-6)ccc4c3cc2cc2c1oc1cc(N(c3ccc(C(C)(C)C)cc3)c3ccc4c(c3)C(C)(C)c3cc5ccccc5cc3-4)ccc12. The lowest BCUT2D eigenvalue weighted by atomic mass is 9.81. The van der Waals surface area contributed by atoms with Crippen molar-refractivity contribution in [2.75, 3.05) is 9.80 Å². The minimum atomic E-state index is -0.187. The summed E-state index contributed by atoms with van der Waals surface area (Å²) in [6.07, 6.45) is 0. The van der Waals surface area contributed by atoms with Gasteiger partial charge in [0, 0.05) is 84.2 Å². The van der Waals surface area contributed by atoms with Gasteiger partial charge in [-0.15, -0.1) is 0 Å². The number of fused-ring (bicyclic) bond motifs is 15. The summed E-state index contributed by atoms with van der Waals surface area (Å²) >= 11 is 0. The van der Waals surface area contributed by atoms with Crippen LogP contribution in [-0.2, 0) is 21.7 Å². The summed E-state index contributed by atoms with van der Waals surface area (Å²) < 4.78 is 14.2. The van der Waals surface area contributed by atoms with Crippen molar-refractivity contribution in [1.82, 2.24) is 0 Å². The van der Waals surface area contributed by atoms with Crippen LogP contribution < -0.4 is 9.80 Å². The van der Waals surface area contributed by atoms with E-state index in [1.165, 1.54) is 88.1 Å². The maximum absolute atomic E-state index is 7.20. The van der Waals surface area contributed by atoms with Gasteiger partial charge in [-0.2, -0.15) is 0 Å². The molecule has 4 nitrogen and oxygen atoms in total. The van der Waals surface area contributed by atoms with E-state index in [4.69, 9.17) is 8.83 Å². The van der Waals surface area contributed by atoms with Crippen LogP contribution in [0.2, 0.25) is 0 Å². The van der Waals surface area contributed by atoms with E-state index in [1.807, 2.05) is 0 Å². The number of rotatable bonds is 7. The van der Waals surface area contributed by atoms with Gasteiger partial charge in [-0.05, 0) is 220 Å². The van der Waals surface area contributed by atoms with Crippen LogP contribution in [0.25, 0.3) is 98.4 Å². The molecular formula is C83H72N2O2. The fourth-order valence-electron chi connectivity index (χ4n) is 15.0. The van der Waals surface area contributed by atoms with Crippen molar-refractivity contribution >= 4 is 110 Å². The van der Waals surface area contributed by atoms with Crippen LogP contribution in [0, 0.1) is 0 Å². The molecule has 0 fully saturated rings. The molecule has 0 aliphatic heterocycles. The number of benzene rings is 12. The fourth-order valence-corrected chi connectivity index (χ4v) is 15.0. The first kappa shape index (κ1) is 53.1. The van der Waals surface area contributed by atoms with Crippen LogP contribution >= 0.6 is 0 Å². The molecule has 0 atom stereocenters. The lowest BCUT2D eigenvalue weighted by Crippen LogP contribution is -2.17. The van der Waals surface area contributed by atoms with E-state index in [9.17, 15) is 0 Å². The van der Waals surface area contributed by atoms with Gasteiger partial charge in [-0.25, -0.2) is 0 Å². The summed E-state index contributed by atoms with van der Waals surface area (Å²) in [6, 6.07) is 80.0. The normalized spacial score (nSPS) is 14.3. The highest BCUT2D eigenvalue weighted by Crippen LogP contribution is 2.55. The lowest BCUT2D eigenvalue weighted by molar-refractivity contribution is 0.590. The van der Waals surface area contributed by atoms with Gasteiger partial charge in [0.15, 0.2) is 0 Å². The molecule has 2 aromatic heterocycles. The first-order chi connectivity index (χ1) is 41.7. The molecule has 0 unspecified atom stereocenters. The molecule has 0 N–H and O–H groups in total. The molecule has 4 heteroatoms. The van der Waals surface area contributed by atoms with Gasteiger partial charge >= 0.3 is 0 Å². The Balaban J connectivity index is 0.806. The Labute approximate surface area is 510 Å². The van der Waals surface area contributed by atoms with Gasteiger partial charge in [0.25, 0.3) is 0 Å². The highest BCUT2D eigenvalue weighted by Gasteiger charge is 2.38. The minimum Gasteiger partial charge on any atom is -0.456 e. The molecule has 0 spiro atoms. The molecule has 0 radical (unpaired) electrons. The van der Waals surface area contributed by atoms with Gasteiger partial charge in [-0.3, -0.25) is 0 Å². The Morgan fingerprint density at radius 2 is 0.701 bits per heavy atom. The van der Waals surface area contributed by atoms with Gasteiger partial charge < -0.3 is 18.6 Å². The van der Waals surface area contributed by atoms with Crippen molar-refractivity contribution in [2.24, 2.45) is 0 Å². The lowest BCUT2D eigenvalue weighted by Gasteiger charge is -2.29. The van der Waals surface area contributed by atoms with E-state index < -0.39 is 0 Å². The smallest absolute Gasteiger partial charge is 0.139 e. The summed E-state index contributed by atoms with van der Waals surface area (Å²) in [7, 11) is 0. The zero-order valence-corrected chi connectivity index (χ0v) is 52.0. The minimum absolute atomic E-state index is 0.0227. The largest absolute Gasteiger partial charge is 0.456 e. The third kappa shape index (κ3) is 8.16. The van der Waals surface area contributed by atoms with E-state index >= 15 is 0 Å². The average Bonchev–Trinajstić information content (AvgIpc) is 1.70. The number of nitrogens with zero attached hydrogens (tertiary/aromatic N) is 2. The predicted octanol–water partition coefficient (Wildman–Crippen LogP) is 24.2. The van der Waals surface area contributed by atoms with Crippen LogP contribution in [0.5, 0.6) is 0 Å². The molecule has 0 bridgehead atoms. The summed E-state index contributed by atoms with van der Waals surface area (Å²) in [6.45, 7) is 27.7. The van der Waals surface area contributed by atoms with Gasteiger partial charge in [-0.1, -0.05) is 168 Å². The number of hydrogen-bond acceptors (Lipinski definition) is 4. The summed E-state index contributed by atoms with van der Waals surface area (Å²) in [5, 5.41) is 11.8. The topological polar surface area (TPSA) is 32.8 Å². The van der Waals surface area contributed by atoms with Crippen molar-refractivity contribution in [2.45, 2.75) is 111 Å². The zero-order chi connectivity index (χ0) is 59.8. The molecule has 0 saturated carbocycles. The van der Waals surface area contributed by atoms with E-state index in [-0.39, 0.29) is 27.6 Å². The average molecular weight is 1130 g/mol. The van der Waals surface area contributed by atoms with Crippen LogP contribution in [0.1, 0.15) is 128 Å². The zero-order valence-electron chi connectivity index (χ0n) is 52.0. The fraction of sp³-hybridized carbons (Fsp3) is 0.205. The molecule has 12 aromatic carbocycles. The molecule has 2 aliphatic rings. The third-order valence-electron chi connectivity index (χ3n) is 19.8. The standard InChI is InChI=1S/C83H72N2O2/c1-48(2)78-66-47-77-69(64-35-31-60(45-75(64)86-77)84(56-25-21-54(22-26-56)80(3,4)5)58-29-33-62-67-37-49-17-13-15-19-51(49)41-71(67)82(9,10)73(62)43-58)39-53(66)40-70-65-36-32-61(46-76(65)87-79(70)78)85(57-27-23-55(24-28-57)81(6,7)8)59-30-34-63-68-38-50-18-14-16-20-52(50)42-72(68)83(11,12)74(63)44-59/h13-48H,1-12H3. The number of furan rings is 2. The Hall–Kier alpha value is -9.38. The van der Waals surface area contributed by atoms with Crippen LogP contribution in [-0.4, -0.2) is 0 Å². The predicted molar refractivity (Wildman–Crippen MR) is 369 cm³/mol. The highest BCUT2D eigenvalue weighted by molar-refractivity contribution is 6.17. The maximum atomic E-state index is 7.20. The van der Waals surface area contributed by atoms with E-state index in [0.29, 0.717) is 0 Å². The van der Waals surface area contributed by atoms with Gasteiger partial charge in [0.2, 0.25) is 0 Å². The molecule has 426 valence electrons. The van der Waals surface area contributed by atoms with Crippen molar-refractivity contribution < 1.29 is 8.83 Å². The molecule has 0 amide bonds. The van der Waals surface area contributed by atoms with Crippen LogP contribution in [0.15, 0.2) is 221 Å². The summed E-state index contributed by atoms with van der Waals surface area (Å²) in [4.78, 5) is 4.82.